The normalized spacial score (nSPS) is 11.0. The zero-order valence-electron chi connectivity index (χ0n) is 15.8. The second-order valence-electron chi connectivity index (χ2n) is 6.04. The van der Waals surface area contributed by atoms with E-state index in [2.05, 4.69) is 20.3 Å². The number of thiazole rings is 1. The molecule has 1 N–H and O–H groups in total. The van der Waals surface area contributed by atoms with Crippen LogP contribution in [0.2, 0.25) is 0 Å². The molecule has 3 rings (SSSR count). The van der Waals surface area contributed by atoms with Crippen molar-refractivity contribution in [2.45, 2.75) is 13.2 Å². The third kappa shape index (κ3) is 5.00. The van der Waals surface area contributed by atoms with Crippen LogP contribution in [0, 0.1) is 6.92 Å². The van der Waals surface area contributed by atoms with Crippen LogP contribution in [0.1, 0.15) is 5.56 Å². The van der Waals surface area contributed by atoms with Crippen LogP contribution in [0.15, 0.2) is 42.7 Å². The van der Waals surface area contributed by atoms with E-state index < -0.39 is 0 Å². The van der Waals surface area contributed by atoms with Gasteiger partial charge in [0.15, 0.2) is 11.4 Å². The van der Waals surface area contributed by atoms with Gasteiger partial charge in [0.1, 0.15) is 11.6 Å². The Morgan fingerprint density at radius 3 is 2.70 bits per heavy atom. The summed E-state index contributed by atoms with van der Waals surface area (Å²) in [5.41, 5.74) is 2.00. The summed E-state index contributed by atoms with van der Waals surface area (Å²) in [7, 11) is 5.21. The molecule has 3 heterocycles. The average molecular weight is 385 g/mol. The van der Waals surface area contributed by atoms with Crippen molar-refractivity contribution < 1.29 is 9.47 Å². The lowest BCUT2D eigenvalue weighted by atomic mass is 10.3. The first-order chi connectivity index (χ1) is 13.1. The predicted molar refractivity (Wildman–Crippen MR) is 109 cm³/mol. The number of ether oxygens (including phenoxy) is 2. The maximum absolute atomic E-state index is 5.25. The molecule has 27 heavy (non-hydrogen) atoms. The van der Waals surface area contributed by atoms with Crippen molar-refractivity contribution in [3.63, 3.8) is 0 Å². The summed E-state index contributed by atoms with van der Waals surface area (Å²) >= 11 is 1.57. The van der Waals surface area contributed by atoms with Crippen molar-refractivity contribution in [2.75, 3.05) is 38.0 Å². The molecule has 0 saturated carbocycles. The molecule has 0 spiro atoms. The highest BCUT2D eigenvalue weighted by Crippen LogP contribution is 2.30. The molecule has 0 aliphatic heterocycles. The van der Waals surface area contributed by atoms with E-state index in [1.165, 1.54) is 0 Å². The van der Waals surface area contributed by atoms with Gasteiger partial charge in [0.25, 0.3) is 0 Å². The summed E-state index contributed by atoms with van der Waals surface area (Å²) in [6.07, 6.45) is 3.32. The van der Waals surface area contributed by atoms with Crippen LogP contribution in [-0.2, 0) is 9.47 Å². The maximum atomic E-state index is 5.25. The van der Waals surface area contributed by atoms with E-state index in [1.54, 1.807) is 31.8 Å². The van der Waals surface area contributed by atoms with Gasteiger partial charge in [-0.15, -0.1) is 0 Å². The van der Waals surface area contributed by atoms with Crippen molar-refractivity contribution >= 4 is 28.1 Å². The molecule has 0 atom stereocenters. The molecular weight excluding hydrogens is 362 g/mol. The van der Waals surface area contributed by atoms with Gasteiger partial charge in [-0.2, -0.15) is 0 Å². The SMILES string of the molecule is COC(CN(C)c1ncc(-c2cccc(Nc3cc(C)ccn3)n2)s1)OC. The number of hydrogen-bond donors (Lipinski definition) is 1. The van der Waals surface area contributed by atoms with E-state index in [-0.39, 0.29) is 6.29 Å². The van der Waals surface area contributed by atoms with Gasteiger partial charge in [-0.25, -0.2) is 15.0 Å². The topological polar surface area (TPSA) is 72.4 Å². The third-order valence-corrected chi connectivity index (χ3v) is 5.08. The van der Waals surface area contributed by atoms with Crippen molar-refractivity contribution in [1.82, 2.24) is 15.0 Å². The Bertz CT molecular complexity index is 882. The molecule has 3 aromatic heterocycles. The molecular formula is C19H23N5O2S. The van der Waals surface area contributed by atoms with E-state index >= 15 is 0 Å². The van der Waals surface area contributed by atoms with Crippen LogP contribution >= 0.6 is 11.3 Å². The zero-order valence-corrected chi connectivity index (χ0v) is 16.7. The molecule has 8 heteroatoms. The Kier molecular flexibility index (Phi) is 6.33. The highest BCUT2D eigenvalue weighted by atomic mass is 32.1. The summed E-state index contributed by atoms with van der Waals surface area (Å²) in [6.45, 7) is 2.62. The summed E-state index contributed by atoms with van der Waals surface area (Å²) < 4.78 is 10.5. The monoisotopic (exact) mass is 385 g/mol. The highest BCUT2D eigenvalue weighted by Gasteiger charge is 2.14. The zero-order chi connectivity index (χ0) is 19.2. The van der Waals surface area contributed by atoms with E-state index in [4.69, 9.17) is 9.47 Å². The minimum absolute atomic E-state index is 0.296. The Balaban J connectivity index is 1.74. The fraction of sp³-hybridized carbons (Fsp3) is 0.316. The van der Waals surface area contributed by atoms with Gasteiger partial charge in [0.2, 0.25) is 0 Å². The lowest BCUT2D eigenvalue weighted by molar-refractivity contribution is -0.0944. The first-order valence-electron chi connectivity index (χ1n) is 8.48. The number of aromatic nitrogens is 3. The second-order valence-corrected chi connectivity index (χ2v) is 7.05. The molecule has 7 nitrogen and oxygen atoms in total. The smallest absolute Gasteiger partial charge is 0.185 e. The lowest BCUT2D eigenvalue weighted by Gasteiger charge is -2.21. The van der Waals surface area contributed by atoms with Crippen LogP contribution in [0.5, 0.6) is 0 Å². The van der Waals surface area contributed by atoms with Crippen molar-refractivity contribution in [3.05, 3.63) is 48.3 Å². The molecule has 0 aliphatic carbocycles. The molecule has 0 radical (unpaired) electrons. The van der Waals surface area contributed by atoms with Gasteiger partial charge in [-0.1, -0.05) is 17.4 Å². The Hall–Kier alpha value is -2.55. The molecule has 0 saturated heterocycles. The van der Waals surface area contributed by atoms with Gasteiger partial charge in [-0.3, -0.25) is 0 Å². The number of aryl methyl sites for hydroxylation is 1. The van der Waals surface area contributed by atoms with Crippen LogP contribution in [0.4, 0.5) is 16.8 Å². The van der Waals surface area contributed by atoms with Crippen molar-refractivity contribution in [1.29, 1.82) is 0 Å². The Morgan fingerprint density at radius 1 is 1.15 bits per heavy atom. The van der Waals surface area contributed by atoms with E-state index in [0.29, 0.717) is 6.54 Å². The quantitative estimate of drug-likeness (QED) is 0.593. The number of likely N-dealkylation sites (N-methyl/N-ethyl adjacent to an activating group) is 1. The number of rotatable bonds is 8. The fourth-order valence-electron chi connectivity index (χ4n) is 2.48. The molecule has 0 bridgehead atoms. The van der Waals surface area contributed by atoms with Gasteiger partial charge < -0.3 is 19.7 Å². The summed E-state index contributed by atoms with van der Waals surface area (Å²) in [5, 5.41) is 4.12. The molecule has 3 aromatic rings. The number of pyridine rings is 2. The van der Waals surface area contributed by atoms with Crippen LogP contribution in [-0.4, -0.2) is 49.1 Å². The van der Waals surface area contributed by atoms with E-state index in [0.717, 1.165) is 32.9 Å². The predicted octanol–water partition coefficient (Wildman–Crippen LogP) is 3.71. The number of hydrogen-bond acceptors (Lipinski definition) is 8. The number of anilines is 3. The Morgan fingerprint density at radius 2 is 1.96 bits per heavy atom. The fourth-order valence-corrected chi connectivity index (χ4v) is 3.34. The molecule has 0 aromatic carbocycles. The average Bonchev–Trinajstić information content (AvgIpc) is 3.16. The summed E-state index contributed by atoms with van der Waals surface area (Å²) in [6, 6.07) is 9.80. The minimum Gasteiger partial charge on any atom is -0.354 e. The molecule has 0 aliphatic rings. The van der Waals surface area contributed by atoms with Gasteiger partial charge in [-0.05, 0) is 36.8 Å². The molecule has 0 unspecified atom stereocenters. The van der Waals surface area contributed by atoms with Gasteiger partial charge in [0.05, 0.1) is 17.1 Å². The molecule has 0 amide bonds. The first-order valence-corrected chi connectivity index (χ1v) is 9.30. The van der Waals surface area contributed by atoms with Crippen LogP contribution in [0.3, 0.4) is 0 Å². The maximum Gasteiger partial charge on any atom is 0.185 e. The van der Waals surface area contributed by atoms with Gasteiger partial charge >= 0.3 is 0 Å². The van der Waals surface area contributed by atoms with E-state index in [1.807, 2.05) is 55.4 Å². The van der Waals surface area contributed by atoms with Gasteiger partial charge in [0, 0.05) is 33.7 Å². The number of methoxy groups -OCH3 is 2. The largest absolute Gasteiger partial charge is 0.354 e. The number of nitrogens with zero attached hydrogens (tertiary/aromatic N) is 4. The minimum atomic E-state index is -0.296. The van der Waals surface area contributed by atoms with Crippen LogP contribution in [0.25, 0.3) is 10.6 Å². The van der Waals surface area contributed by atoms with Crippen molar-refractivity contribution in [2.24, 2.45) is 0 Å². The van der Waals surface area contributed by atoms with Crippen LogP contribution < -0.4 is 10.2 Å². The summed E-state index contributed by atoms with van der Waals surface area (Å²) in [4.78, 5) is 16.5. The summed E-state index contributed by atoms with van der Waals surface area (Å²) in [5.74, 6) is 1.52. The third-order valence-electron chi connectivity index (χ3n) is 3.94. The molecule has 142 valence electrons. The van der Waals surface area contributed by atoms with Crippen molar-refractivity contribution in [3.8, 4) is 10.6 Å². The molecule has 0 fully saturated rings. The van der Waals surface area contributed by atoms with E-state index in [9.17, 15) is 0 Å². The standard InChI is InChI=1S/C19H23N5O2S/c1-13-8-9-20-17(10-13)23-16-7-5-6-14(22-16)15-11-21-19(27-15)24(2)12-18(25-3)26-4/h5-11,18H,12H2,1-4H3,(H,20,22,23). The Labute approximate surface area is 163 Å². The lowest BCUT2D eigenvalue weighted by Crippen LogP contribution is -2.31. The highest BCUT2D eigenvalue weighted by molar-refractivity contribution is 7.18. The second kappa shape index (κ2) is 8.90. The number of nitrogens with one attached hydrogen (secondary N) is 1. The first kappa shape index (κ1) is 19.2.